The highest BCUT2D eigenvalue weighted by atomic mass is 16.5. The van der Waals surface area contributed by atoms with E-state index in [1.807, 2.05) is 0 Å². The van der Waals surface area contributed by atoms with Gasteiger partial charge in [0.2, 0.25) is 0 Å². The van der Waals surface area contributed by atoms with E-state index in [1.54, 1.807) is 7.11 Å². The normalized spacial score (nSPS) is 30.6. The van der Waals surface area contributed by atoms with Crippen LogP contribution in [0.5, 0.6) is 0 Å². The quantitative estimate of drug-likeness (QED) is 0.681. The van der Waals surface area contributed by atoms with Crippen molar-refractivity contribution in [3.8, 4) is 0 Å². The molecule has 0 aromatic heterocycles. The summed E-state index contributed by atoms with van der Waals surface area (Å²) in [7, 11) is 1.74. The first-order valence-electron chi connectivity index (χ1n) is 6.55. The smallest absolute Gasteiger partial charge is 0.0804 e. The molecule has 0 bridgehead atoms. The Labute approximate surface area is 99.7 Å². The maximum absolute atomic E-state index is 6.03. The number of ether oxygens (including phenoxy) is 2. The highest BCUT2D eigenvalue weighted by molar-refractivity contribution is 4.87. The molecule has 1 aliphatic rings. The van der Waals surface area contributed by atoms with E-state index in [4.69, 9.17) is 15.2 Å². The van der Waals surface area contributed by atoms with Crippen molar-refractivity contribution in [2.24, 2.45) is 11.7 Å². The van der Waals surface area contributed by atoms with E-state index in [2.05, 4.69) is 6.92 Å². The lowest BCUT2D eigenvalue weighted by molar-refractivity contribution is -0.0719. The summed E-state index contributed by atoms with van der Waals surface area (Å²) in [6, 6.07) is 0. The monoisotopic (exact) mass is 229 g/mol. The fourth-order valence-corrected chi connectivity index (χ4v) is 2.33. The van der Waals surface area contributed by atoms with Crippen molar-refractivity contribution in [3.05, 3.63) is 0 Å². The molecule has 3 nitrogen and oxygen atoms in total. The molecule has 0 atom stereocenters. The number of nitrogens with two attached hydrogens (primary N) is 1. The second kappa shape index (κ2) is 7.25. The zero-order valence-electron chi connectivity index (χ0n) is 10.8. The van der Waals surface area contributed by atoms with Crippen LogP contribution in [0.15, 0.2) is 0 Å². The van der Waals surface area contributed by atoms with Gasteiger partial charge in [-0.2, -0.15) is 0 Å². The van der Waals surface area contributed by atoms with Gasteiger partial charge in [0.25, 0.3) is 0 Å². The maximum atomic E-state index is 6.03. The van der Waals surface area contributed by atoms with Crippen LogP contribution in [0.1, 0.15) is 45.4 Å². The Morgan fingerprint density at radius 1 is 1.19 bits per heavy atom. The summed E-state index contributed by atoms with van der Waals surface area (Å²) in [6.07, 6.45) is 6.94. The second-order valence-corrected chi connectivity index (χ2v) is 5.12. The van der Waals surface area contributed by atoms with Gasteiger partial charge in [-0.3, -0.25) is 0 Å². The van der Waals surface area contributed by atoms with E-state index in [9.17, 15) is 0 Å². The van der Waals surface area contributed by atoms with E-state index in [1.165, 1.54) is 12.8 Å². The number of hydrogen-bond donors (Lipinski definition) is 1. The Morgan fingerprint density at radius 2 is 1.81 bits per heavy atom. The lowest BCUT2D eigenvalue weighted by Crippen LogP contribution is -2.44. The molecule has 0 aromatic rings. The number of hydrogen-bond acceptors (Lipinski definition) is 3. The summed E-state index contributed by atoms with van der Waals surface area (Å²) >= 11 is 0. The first-order valence-corrected chi connectivity index (χ1v) is 6.55. The predicted octanol–water partition coefficient (Wildman–Crippen LogP) is 2.34. The summed E-state index contributed by atoms with van der Waals surface area (Å²) in [5, 5.41) is 0. The summed E-state index contributed by atoms with van der Waals surface area (Å²) in [5.74, 6) is 0.844. The molecule has 0 saturated heterocycles. The highest BCUT2D eigenvalue weighted by Crippen LogP contribution is 2.34. The topological polar surface area (TPSA) is 44.5 Å². The molecule has 0 aromatic carbocycles. The standard InChI is InChI=1S/C13H27NO2/c1-12-5-7-13(11-14,8-6-12)16-10-4-3-9-15-2/h12H,3-11,14H2,1-2H3. The van der Waals surface area contributed by atoms with Crippen LogP contribution < -0.4 is 5.73 Å². The average molecular weight is 229 g/mol. The molecule has 96 valence electrons. The van der Waals surface area contributed by atoms with Crippen LogP contribution in [-0.2, 0) is 9.47 Å². The highest BCUT2D eigenvalue weighted by Gasteiger charge is 2.33. The first-order chi connectivity index (χ1) is 7.72. The summed E-state index contributed by atoms with van der Waals surface area (Å²) in [4.78, 5) is 0. The largest absolute Gasteiger partial charge is 0.385 e. The van der Waals surface area contributed by atoms with Crippen molar-refractivity contribution in [1.82, 2.24) is 0 Å². The Balaban J connectivity index is 2.20. The molecule has 1 fully saturated rings. The molecular weight excluding hydrogens is 202 g/mol. The molecule has 1 saturated carbocycles. The zero-order chi connectivity index (χ0) is 11.9. The van der Waals surface area contributed by atoms with Crippen LogP contribution in [0.3, 0.4) is 0 Å². The van der Waals surface area contributed by atoms with Gasteiger partial charge in [0, 0.05) is 26.9 Å². The minimum atomic E-state index is -0.0143. The predicted molar refractivity (Wildman–Crippen MR) is 66.5 cm³/mol. The SMILES string of the molecule is COCCCCOC1(CN)CCC(C)CC1. The van der Waals surface area contributed by atoms with Gasteiger partial charge in [0.05, 0.1) is 5.60 Å². The Morgan fingerprint density at radius 3 is 2.38 bits per heavy atom. The fourth-order valence-electron chi connectivity index (χ4n) is 2.33. The first kappa shape index (κ1) is 13.9. The molecule has 0 spiro atoms. The minimum Gasteiger partial charge on any atom is -0.385 e. The van der Waals surface area contributed by atoms with Gasteiger partial charge < -0.3 is 15.2 Å². The molecular formula is C13H27NO2. The van der Waals surface area contributed by atoms with Crippen LogP contribution in [0.2, 0.25) is 0 Å². The van der Waals surface area contributed by atoms with Crippen molar-refractivity contribution in [3.63, 3.8) is 0 Å². The van der Waals surface area contributed by atoms with Crippen LogP contribution in [-0.4, -0.2) is 32.5 Å². The summed E-state index contributed by atoms with van der Waals surface area (Å²) in [5.41, 5.74) is 5.86. The van der Waals surface area contributed by atoms with E-state index in [0.717, 1.165) is 44.8 Å². The third kappa shape index (κ3) is 4.40. The average Bonchev–Trinajstić information content (AvgIpc) is 2.32. The Hall–Kier alpha value is -0.120. The van der Waals surface area contributed by atoms with Crippen LogP contribution in [0.25, 0.3) is 0 Å². The van der Waals surface area contributed by atoms with Crippen molar-refractivity contribution in [2.45, 2.75) is 51.0 Å². The zero-order valence-corrected chi connectivity index (χ0v) is 10.8. The number of unbranched alkanes of at least 4 members (excludes halogenated alkanes) is 1. The van der Waals surface area contributed by atoms with E-state index in [0.29, 0.717) is 6.54 Å². The molecule has 0 amide bonds. The van der Waals surface area contributed by atoms with Crippen LogP contribution >= 0.6 is 0 Å². The Bertz CT molecular complexity index is 177. The van der Waals surface area contributed by atoms with Gasteiger partial charge in [-0.25, -0.2) is 0 Å². The lowest BCUT2D eigenvalue weighted by Gasteiger charge is -2.38. The number of methoxy groups -OCH3 is 1. The molecule has 0 aliphatic heterocycles. The van der Waals surface area contributed by atoms with Gasteiger partial charge in [0.1, 0.15) is 0 Å². The third-order valence-electron chi connectivity index (χ3n) is 3.71. The lowest BCUT2D eigenvalue weighted by atomic mass is 9.79. The Kier molecular flexibility index (Phi) is 6.32. The third-order valence-corrected chi connectivity index (χ3v) is 3.71. The van der Waals surface area contributed by atoms with Gasteiger partial charge >= 0.3 is 0 Å². The van der Waals surface area contributed by atoms with Gasteiger partial charge in [-0.05, 0) is 44.4 Å². The van der Waals surface area contributed by atoms with Crippen molar-refractivity contribution in [2.75, 3.05) is 26.9 Å². The minimum absolute atomic E-state index is 0.0143. The number of rotatable bonds is 7. The molecule has 0 radical (unpaired) electrons. The summed E-state index contributed by atoms with van der Waals surface area (Å²) < 4.78 is 11.1. The van der Waals surface area contributed by atoms with E-state index in [-0.39, 0.29) is 5.60 Å². The van der Waals surface area contributed by atoms with Gasteiger partial charge in [-0.1, -0.05) is 6.92 Å². The van der Waals surface area contributed by atoms with Gasteiger partial charge in [0.15, 0.2) is 0 Å². The molecule has 0 unspecified atom stereocenters. The maximum Gasteiger partial charge on any atom is 0.0804 e. The summed E-state index contributed by atoms with van der Waals surface area (Å²) in [6.45, 7) is 4.65. The van der Waals surface area contributed by atoms with Crippen molar-refractivity contribution in [1.29, 1.82) is 0 Å². The molecule has 0 heterocycles. The second-order valence-electron chi connectivity index (χ2n) is 5.12. The molecule has 1 rings (SSSR count). The van der Waals surface area contributed by atoms with Gasteiger partial charge in [-0.15, -0.1) is 0 Å². The molecule has 1 aliphatic carbocycles. The van der Waals surface area contributed by atoms with E-state index < -0.39 is 0 Å². The molecule has 16 heavy (non-hydrogen) atoms. The van der Waals surface area contributed by atoms with Crippen LogP contribution in [0.4, 0.5) is 0 Å². The molecule has 3 heteroatoms. The van der Waals surface area contributed by atoms with Crippen LogP contribution in [0, 0.1) is 5.92 Å². The fraction of sp³-hybridized carbons (Fsp3) is 1.00. The van der Waals surface area contributed by atoms with Crippen molar-refractivity contribution >= 4 is 0 Å². The molecule has 2 N–H and O–H groups in total. The van der Waals surface area contributed by atoms with E-state index >= 15 is 0 Å². The van der Waals surface area contributed by atoms with Crippen molar-refractivity contribution < 1.29 is 9.47 Å².